The van der Waals surface area contributed by atoms with Gasteiger partial charge in [-0.1, -0.05) is 96.8 Å². The average Bonchev–Trinajstić information content (AvgIpc) is 3.56. The van der Waals surface area contributed by atoms with Gasteiger partial charge in [0.1, 0.15) is 12.6 Å². The average molecular weight is 652 g/mol. The SMILES string of the molecule is Cc1ccc(S(=O)(=O)N(CC(=O)N(Cc2cccc(C)c2)C(Cc2ccccc2)C(=O)NC2CCCC2)c2ccc(C)c(C)c2)cc1. The molecule has 246 valence electrons. The minimum absolute atomic E-state index is 0.0608. The molecule has 1 aliphatic carbocycles. The normalized spacial score (nSPS) is 14.0. The number of nitrogens with one attached hydrogen (secondary N) is 1. The highest BCUT2D eigenvalue weighted by Gasteiger charge is 2.35. The third kappa shape index (κ3) is 8.49. The van der Waals surface area contributed by atoms with E-state index in [0.29, 0.717) is 12.1 Å². The lowest BCUT2D eigenvalue weighted by Gasteiger charge is -2.34. The predicted molar refractivity (Wildman–Crippen MR) is 188 cm³/mol. The van der Waals surface area contributed by atoms with Crippen LogP contribution in [-0.4, -0.2) is 43.8 Å². The first-order valence-electron chi connectivity index (χ1n) is 16.4. The predicted octanol–water partition coefficient (Wildman–Crippen LogP) is 6.81. The van der Waals surface area contributed by atoms with Gasteiger partial charge in [-0.25, -0.2) is 8.42 Å². The molecule has 1 unspecified atom stereocenters. The second-order valence-corrected chi connectivity index (χ2v) is 14.7. The van der Waals surface area contributed by atoms with Crippen LogP contribution < -0.4 is 9.62 Å². The fourth-order valence-electron chi connectivity index (χ4n) is 6.18. The monoisotopic (exact) mass is 651 g/mol. The van der Waals surface area contributed by atoms with Crippen LogP contribution in [-0.2, 0) is 32.6 Å². The van der Waals surface area contributed by atoms with Crippen LogP contribution >= 0.6 is 0 Å². The summed E-state index contributed by atoms with van der Waals surface area (Å²) in [6.45, 7) is 7.45. The molecule has 0 radical (unpaired) electrons. The van der Waals surface area contributed by atoms with Gasteiger partial charge in [-0.15, -0.1) is 0 Å². The van der Waals surface area contributed by atoms with E-state index in [1.807, 2.05) is 88.4 Å². The van der Waals surface area contributed by atoms with Crippen LogP contribution in [0, 0.1) is 27.7 Å². The van der Waals surface area contributed by atoms with E-state index in [-0.39, 0.29) is 23.4 Å². The van der Waals surface area contributed by atoms with Gasteiger partial charge in [0.05, 0.1) is 10.6 Å². The molecule has 0 bridgehead atoms. The summed E-state index contributed by atoms with van der Waals surface area (Å²) in [5.41, 5.74) is 6.06. The zero-order chi connectivity index (χ0) is 33.6. The van der Waals surface area contributed by atoms with E-state index >= 15 is 0 Å². The van der Waals surface area contributed by atoms with Crippen molar-refractivity contribution in [3.05, 3.63) is 130 Å². The third-order valence-corrected chi connectivity index (χ3v) is 10.9. The summed E-state index contributed by atoms with van der Waals surface area (Å²) in [5.74, 6) is -0.677. The fourth-order valence-corrected chi connectivity index (χ4v) is 7.58. The van der Waals surface area contributed by atoms with E-state index in [4.69, 9.17) is 0 Å². The number of carbonyl (C=O) groups excluding carboxylic acids is 2. The van der Waals surface area contributed by atoms with Crippen molar-refractivity contribution in [1.82, 2.24) is 10.2 Å². The molecule has 0 spiro atoms. The molecule has 47 heavy (non-hydrogen) atoms. The number of benzene rings is 4. The number of nitrogens with zero attached hydrogens (tertiary/aromatic N) is 2. The number of aryl methyl sites for hydroxylation is 4. The van der Waals surface area contributed by atoms with E-state index in [2.05, 4.69) is 5.32 Å². The Kier molecular flexibility index (Phi) is 10.8. The van der Waals surface area contributed by atoms with E-state index < -0.39 is 28.5 Å². The topological polar surface area (TPSA) is 86.8 Å². The summed E-state index contributed by atoms with van der Waals surface area (Å²) in [4.78, 5) is 30.5. The zero-order valence-corrected chi connectivity index (χ0v) is 28.6. The molecule has 1 N–H and O–H groups in total. The molecule has 0 heterocycles. The van der Waals surface area contributed by atoms with Gasteiger partial charge < -0.3 is 10.2 Å². The molecule has 7 nitrogen and oxygen atoms in total. The minimum Gasteiger partial charge on any atom is -0.352 e. The fraction of sp³-hybridized carbons (Fsp3) is 0.333. The Morgan fingerprint density at radius 1 is 0.766 bits per heavy atom. The Labute approximate surface area is 279 Å². The van der Waals surface area contributed by atoms with E-state index in [1.165, 1.54) is 4.31 Å². The van der Waals surface area contributed by atoms with Gasteiger partial charge >= 0.3 is 0 Å². The van der Waals surface area contributed by atoms with Gasteiger partial charge in [0.15, 0.2) is 0 Å². The van der Waals surface area contributed by atoms with Crippen molar-refractivity contribution in [3.63, 3.8) is 0 Å². The number of sulfonamides is 1. The summed E-state index contributed by atoms with van der Waals surface area (Å²) in [5, 5.41) is 3.23. The number of carbonyl (C=O) groups is 2. The maximum Gasteiger partial charge on any atom is 0.264 e. The van der Waals surface area contributed by atoms with E-state index in [9.17, 15) is 18.0 Å². The number of hydrogen-bond acceptors (Lipinski definition) is 4. The molecule has 1 atom stereocenters. The van der Waals surface area contributed by atoms with E-state index in [1.54, 1.807) is 41.3 Å². The molecule has 1 saturated carbocycles. The molecular formula is C39H45N3O4S. The Morgan fingerprint density at radius 3 is 2.11 bits per heavy atom. The van der Waals surface area contributed by atoms with Crippen LogP contribution in [0.1, 0.15) is 59.1 Å². The molecular weight excluding hydrogens is 607 g/mol. The van der Waals surface area contributed by atoms with Crippen molar-refractivity contribution in [2.45, 2.75) is 83.3 Å². The Morgan fingerprint density at radius 2 is 1.45 bits per heavy atom. The molecule has 0 saturated heterocycles. The number of rotatable bonds is 12. The number of anilines is 1. The summed E-state index contributed by atoms with van der Waals surface area (Å²) >= 11 is 0. The highest BCUT2D eigenvalue weighted by atomic mass is 32.2. The second kappa shape index (κ2) is 15.0. The summed E-state index contributed by atoms with van der Waals surface area (Å²) in [6, 6.07) is 28.8. The molecule has 0 aromatic heterocycles. The van der Waals surface area contributed by atoms with E-state index in [0.717, 1.165) is 59.1 Å². The van der Waals surface area contributed by atoms with Crippen molar-refractivity contribution < 1.29 is 18.0 Å². The maximum atomic E-state index is 14.7. The van der Waals surface area contributed by atoms with Crippen LogP contribution in [0.25, 0.3) is 0 Å². The lowest BCUT2D eigenvalue weighted by Crippen LogP contribution is -2.54. The Hall–Kier alpha value is -4.43. The number of hydrogen-bond donors (Lipinski definition) is 1. The largest absolute Gasteiger partial charge is 0.352 e. The van der Waals surface area contributed by atoms with Crippen molar-refractivity contribution in [2.75, 3.05) is 10.8 Å². The highest BCUT2D eigenvalue weighted by molar-refractivity contribution is 7.92. The van der Waals surface area contributed by atoms with Gasteiger partial charge in [-0.05, 0) is 87.1 Å². The smallest absolute Gasteiger partial charge is 0.264 e. The summed E-state index contributed by atoms with van der Waals surface area (Å²) in [6.07, 6.45) is 4.23. The first kappa shape index (κ1) is 33.9. The van der Waals surface area contributed by atoms with Crippen LogP contribution in [0.5, 0.6) is 0 Å². The Bertz CT molecular complexity index is 1800. The standard InChI is InChI=1S/C39H45N3O4S/c1-28-17-21-36(22-18-28)47(45,46)42(35-20-19-30(3)31(4)24-35)27-38(43)41(26-33-14-10-11-29(2)23-33)37(25-32-12-6-5-7-13-32)39(44)40-34-15-8-9-16-34/h5-7,10-14,17-24,34,37H,8-9,15-16,25-27H2,1-4H3,(H,40,44). The van der Waals surface area contributed by atoms with Gasteiger partial charge in [-0.3, -0.25) is 13.9 Å². The zero-order valence-electron chi connectivity index (χ0n) is 27.8. The van der Waals surface area contributed by atoms with Gasteiger partial charge in [-0.2, -0.15) is 0 Å². The van der Waals surface area contributed by atoms with Crippen molar-refractivity contribution in [1.29, 1.82) is 0 Å². The molecule has 4 aromatic carbocycles. The highest BCUT2D eigenvalue weighted by Crippen LogP contribution is 2.27. The third-order valence-electron chi connectivity index (χ3n) is 9.07. The molecule has 1 fully saturated rings. The lowest BCUT2D eigenvalue weighted by atomic mass is 10.0. The molecule has 4 aromatic rings. The molecule has 0 aliphatic heterocycles. The van der Waals surface area contributed by atoms with Crippen molar-refractivity contribution in [3.8, 4) is 0 Å². The lowest BCUT2D eigenvalue weighted by molar-refractivity contribution is -0.140. The van der Waals surface area contributed by atoms with Gasteiger partial charge in [0.2, 0.25) is 11.8 Å². The molecule has 8 heteroatoms. The molecule has 1 aliphatic rings. The second-order valence-electron chi connectivity index (χ2n) is 12.8. The van der Waals surface area contributed by atoms with Crippen LogP contribution in [0.3, 0.4) is 0 Å². The quantitative estimate of drug-likeness (QED) is 0.182. The summed E-state index contributed by atoms with van der Waals surface area (Å²) < 4.78 is 29.8. The van der Waals surface area contributed by atoms with Crippen LogP contribution in [0.15, 0.2) is 102 Å². The van der Waals surface area contributed by atoms with Crippen LogP contribution in [0.4, 0.5) is 5.69 Å². The van der Waals surface area contributed by atoms with Crippen LogP contribution in [0.2, 0.25) is 0 Å². The minimum atomic E-state index is -4.15. The summed E-state index contributed by atoms with van der Waals surface area (Å²) in [7, 11) is -4.15. The maximum absolute atomic E-state index is 14.7. The first-order chi connectivity index (χ1) is 22.5. The molecule has 2 amide bonds. The van der Waals surface area contributed by atoms with Gasteiger partial charge in [0, 0.05) is 19.0 Å². The molecule has 5 rings (SSSR count). The first-order valence-corrected chi connectivity index (χ1v) is 17.8. The van der Waals surface area contributed by atoms with Crippen molar-refractivity contribution in [2.24, 2.45) is 0 Å². The Balaban J connectivity index is 1.58. The number of amides is 2. The van der Waals surface area contributed by atoms with Crippen molar-refractivity contribution >= 4 is 27.5 Å². The van der Waals surface area contributed by atoms with Gasteiger partial charge in [0.25, 0.3) is 10.0 Å².